The molecule has 0 aromatic heterocycles. The molecule has 2 rings (SSSR count). The Hall–Kier alpha value is -1.06. The van der Waals surface area contributed by atoms with Crippen LogP contribution in [-0.4, -0.2) is 35.0 Å². The lowest BCUT2D eigenvalue weighted by atomic mass is 10.4. The zero-order valence-electron chi connectivity index (χ0n) is 5.28. The van der Waals surface area contributed by atoms with E-state index in [1.54, 1.807) is 0 Å². The van der Waals surface area contributed by atoms with Crippen LogP contribution in [0.25, 0.3) is 0 Å². The molecule has 2 fully saturated rings. The molecule has 4 heteroatoms. The average Bonchev–Trinajstić information content (AvgIpc) is 2.38. The van der Waals surface area contributed by atoms with Crippen LogP contribution in [0.1, 0.15) is 0 Å². The van der Waals surface area contributed by atoms with Crippen molar-refractivity contribution in [1.82, 2.24) is 4.90 Å². The van der Waals surface area contributed by atoms with E-state index in [4.69, 9.17) is 5.11 Å². The predicted molar refractivity (Wildman–Crippen MR) is 31.6 cm³/mol. The Morgan fingerprint density at radius 1 is 1.50 bits per heavy atom. The van der Waals surface area contributed by atoms with Gasteiger partial charge in [-0.1, -0.05) is 0 Å². The van der Waals surface area contributed by atoms with E-state index in [9.17, 15) is 9.59 Å². The molecule has 0 radical (unpaired) electrons. The molecule has 0 aromatic carbocycles. The minimum atomic E-state index is -0.903. The van der Waals surface area contributed by atoms with E-state index in [1.807, 2.05) is 0 Å². The molecule has 4 nitrogen and oxygen atoms in total. The summed E-state index contributed by atoms with van der Waals surface area (Å²) in [4.78, 5) is 22.2. The van der Waals surface area contributed by atoms with Crippen molar-refractivity contribution in [2.45, 2.75) is 0 Å². The molecule has 0 bridgehead atoms. The zero-order chi connectivity index (χ0) is 7.30. The summed E-state index contributed by atoms with van der Waals surface area (Å²) in [5.41, 5.74) is 0. The van der Waals surface area contributed by atoms with Gasteiger partial charge in [0, 0.05) is 24.9 Å². The lowest BCUT2D eigenvalue weighted by Crippen LogP contribution is -2.29. The summed E-state index contributed by atoms with van der Waals surface area (Å²) in [5.74, 6) is 0.352. The molecule has 54 valence electrons. The first-order valence-electron chi connectivity index (χ1n) is 3.22. The van der Waals surface area contributed by atoms with Crippen LogP contribution in [0.3, 0.4) is 0 Å². The van der Waals surface area contributed by atoms with Crippen LogP contribution in [0.4, 0.5) is 4.79 Å². The fraction of sp³-hybridized carbons (Fsp3) is 0.667. The molecule has 1 aliphatic heterocycles. The molecule has 0 aromatic rings. The molecule has 1 saturated carbocycles. The number of carbonyl (C=O) groups excluding carboxylic acids is 1. The Morgan fingerprint density at radius 3 is 2.40 bits per heavy atom. The highest BCUT2D eigenvalue weighted by molar-refractivity contribution is 6.01. The van der Waals surface area contributed by atoms with Crippen molar-refractivity contribution in [1.29, 1.82) is 0 Å². The third kappa shape index (κ3) is 0.558. The highest BCUT2D eigenvalue weighted by Crippen LogP contribution is 2.40. The first-order valence-corrected chi connectivity index (χ1v) is 3.22. The molecule has 2 atom stereocenters. The van der Waals surface area contributed by atoms with Gasteiger partial charge in [0.15, 0.2) is 0 Å². The fourth-order valence-corrected chi connectivity index (χ4v) is 1.49. The lowest BCUT2D eigenvalue weighted by Gasteiger charge is -2.11. The number of hydrogen-bond acceptors (Lipinski definition) is 2. The third-order valence-electron chi connectivity index (χ3n) is 2.21. The highest BCUT2D eigenvalue weighted by atomic mass is 16.4. The highest BCUT2D eigenvalue weighted by Gasteiger charge is 2.56. The Labute approximate surface area is 57.4 Å². The van der Waals surface area contributed by atoms with Gasteiger partial charge in [-0.15, -0.1) is 0 Å². The van der Waals surface area contributed by atoms with E-state index in [0.717, 1.165) is 0 Å². The van der Waals surface area contributed by atoms with Crippen LogP contribution in [-0.2, 0) is 4.79 Å². The van der Waals surface area contributed by atoms with Crippen molar-refractivity contribution in [3.8, 4) is 0 Å². The normalized spacial score (nSPS) is 36.0. The van der Waals surface area contributed by atoms with Crippen LogP contribution in [0.2, 0.25) is 0 Å². The van der Waals surface area contributed by atoms with Crippen molar-refractivity contribution < 1.29 is 14.7 Å². The Kier molecular flexibility index (Phi) is 0.859. The monoisotopic (exact) mass is 141 g/mol. The van der Waals surface area contributed by atoms with Crippen molar-refractivity contribution in [2.24, 2.45) is 11.8 Å². The maximum absolute atomic E-state index is 10.6. The van der Waals surface area contributed by atoms with Gasteiger partial charge in [-0.2, -0.15) is 0 Å². The van der Waals surface area contributed by atoms with E-state index >= 15 is 0 Å². The number of piperidine rings is 1. The minimum Gasteiger partial charge on any atom is -0.465 e. The first kappa shape index (κ1) is 5.70. The molecule has 1 N–H and O–H groups in total. The van der Waals surface area contributed by atoms with Crippen LogP contribution >= 0.6 is 0 Å². The predicted octanol–water partition coefficient (Wildman–Crippen LogP) is -0.205. The quantitative estimate of drug-likeness (QED) is 0.508. The van der Waals surface area contributed by atoms with Crippen molar-refractivity contribution in [3.63, 3.8) is 0 Å². The fourth-order valence-electron chi connectivity index (χ4n) is 1.49. The molecular weight excluding hydrogens is 134 g/mol. The molecule has 10 heavy (non-hydrogen) atoms. The summed E-state index contributed by atoms with van der Waals surface area (Å²) >= 11 is 0. The second-order valence-electron chi connectivity index (χ2n) is 2.80. The average molecular weight is 141 g/mol. The number of amides is 1. The van der Waals surface area contributed by atoms with Crippen molar-refractivity contribution in [3.05, 3.63) is 0 Å². The van der Waals surface area contributed by atoms with Crippen LogP contribution in [0.5, 0.6) is 0 Å². The largest absolute Gasteiger partial charge is 0.465 e. The molecule has 0 spiro atoms. The number of carbonyl (C=O) groups is 2. The van der Waals surface area contributed by atoms with E-state index in [1.165, 1.54) is 4.90 Å². The number of hydrogen-bond donors (Lipinski definition) is 1. The summed E-state index contributed by atoms with van der Waals surface area (Å²) in [6.45, 7) is 0.859. The molecule has 2 aliphatic rings. The van der Waals surface area contributed by atoms with Gasteiger partial charge in [-0.3, -0.25) is 4.79 Å². The van der Waals surface area contributed by atoms with Gasteiger partial charge in [-0.25, -0.2) is 4.79 Å². The summed E-state index contributed by atoms with van der Waals surface area (Å²) in [5, 5.41) is 8.45. The third-order valence-corrected chi connectivity index (χ3v) is 2.21. The van der Waals surface area contributed by atoms with E-state index in [0.29, 0.717) is 13.1 Å². The van der Waals surface area contributed by atoms with Gasteiger partial charge < -0.3 is 10.0 Å². The van der Waals surface area contributed by atoms with Gasteiger partial charge >= 0.3 is 6.09 Å². The number of rotatable bonds is 0. The van der Waals surface area contributed by atoms with E-state index in [2.05, 4.69) is 0 Å². The summed E-state index contributed by atoms with van der Waals surface area (Å²) in [7, 11) is 0. The molecule has 1 aliphatic carbocycles. The zero-order valence-corrected chi connectivity index (χ0v) is 5.28. The Bertz CT molecular complexity index is 199. The second-order valence-corrected chi connectivity index (χ2v) is 2.80. The van der Waals surface area contributed by atoms with Crippen LogP contribution in [0, 0.1) is 11.8 Å². The van der Waals surface area contributed by atoms with Crippen LogP contribution in [0.15, 0.2) is 0 Å². The number of Topliss-reactive ketones (excluding diaryl/α,β-unsaturated/α-hetero) is 1. The van der Waals surface area contributed by atoms with Gasteiger partial charge in [0.05, 0.1) is 0 Å². The maximum Gasteiger partial charge on any atom is 0.407 e. The SMILES string of the molecule is O=C1C2CN(C(=O)O)CC12. The Balaban J connectivity index is 2.01. The maximum atomic E-state index is 10.6. The van der Waals surface area contributed by atoms with E-state index in [-0.39, 0.29) is 17.6 Å². The molecular formula is C6H7NO3. The lowest BCUT2D eigenvalue weighted by molar-refractivity contribution is -0.112. The standard InChI is InChI=1S/C6H7NO3/c8-5-3-1-7(6(9)10)2-4(3)5/h3-4H,1-2H2,(H,9,10). The minimum absolute atomic E-state index is 0.0519. The van der Waals surface area contributed by atoms with Gasteiger partial charge in [0.25, 0.3) is 0 Å². The number of fused-ring (bicyclic) bond motifs is 1. The first-order chi connectivity index (χ1) is 4.70. The number of nitrogens with zero attached hydrogens (tertiary/aromatic N) is 1. The van der Waals surface area contributed by atoms with Gasteiger partial charge in [0.1, 0.15) is 5.78 Å². The number of ketones is 1. The smallest absolute Gasteiger partial charge is 0.407 e. The van der Waals surface area contributed by atoms with Gasteiger partial charge in [0.2, 0.25) is 0 Å². The molecule has 1 saturated heterocycles. The summed E-state index contributed by atoms with van der Waals surface area (Å²) in [6, 6.07) is 0. The summed E-state index contributed by atoms with van der Waals surface area (Å²) in [6.07, 6.45) is -0.903. The van der Waals surface area contributed by atoms with Crippen molar-refractivity contribution >= 4 is 11.9 Å². The Morgan fingerprint density at radius 2 is 2.00 bits per heavy atom. The number of likely N-dealkylation sites (tertiary alicyclic amines) is 1. The molecule has 1 amide bonds. The van der Waals surface area contributed by atoms with Crippen molar-refractivity contribution in [2.75, 3.05) is 13.1 Å². The molecule has 2 unspecified atom stereocenters. The van der Waals surface area contributed by atoms with Crippen LogP contribution < -0.4 is 0 Å². The summed E-state index contributed by atoms with van der Waals surface area (Å²) < 4.78 is 0. The van der Waals surface area contributed by atoms with E-state index < -0.39 is 6.09 Å². The van der Waals surface area contributed by atoms with Gasteiger partial charge in [-0.05, 0) is 0 Å². The number of carboxylic acid groups (broad SMARTS) is 1. The molecule has 1 heterocycles. The topological polar surface area (TPSA) is 57.6 Å². The second kappa shape index (κ2) is 1.51.